The molecule has 2 rings (SSSR count). The normalized spacial score (nSPS) is 13.5. The van der Waals surface area contributed by atoms with Crippen LogP contribution >= 0.6 is 0 Å². The number of hydrogen-bond acceptors (Lipinski definition) is 4. The number of aryl methyl sites for hydroxylation is 1. The Labute approximate surface area is 188 Å². The molecule has 13 heteroatoms. The Morgan fingerprint density at radius 3 is 2.27 bits per heavy atom. The number of halogens is 6. The number of sulfonamides is 1. The summed E-state index contributed by atoms with van der Waals surface area (Å²) in [7, 11) is -4.64. The van der Waals surface area contributed by atoms with Crippen LogP contribution in [0.4, 0.5) is 26.3 Å². The highest BCUT2D eigenvalue weighted by Crippen LogP contribution is 2.29. The minimum Gasteiger partial charge on any atom is -0.311 e. The van der Waals surface area contributed by atoms with Crippen LogP contribution in [-0.2, 0) is 28.7 Å². The zero-order valence-electron chi connectivity index (χ0n) is 18.3. The van der Waals surface area contributed by atoms with E-state index in [0.29, 0.717) is 29.1 Å². The van der Waals surface area contributed by atoms with Crippen molar-refractivity contribution in [1.29, 1.82) is 0 Å². The number of aromatic nitrogens is 2. The first-order valence-electron chi connectivity index (χ1n) is 10.0. The molecular weight excluding hydrogens is 474 g/mol. The molecule has 0 unspecified atom stereocenters. The van der Waals surface area contributed by atoms with Gasteiger partial charge >= 0.3 is 12.4 Å². The number of hydrogen-bond donors (Lipinski definition) is 2. The second-order valence-electron chi connectivity index (χ2n) is 8.06. The molecule has 0 aliphatic carbocycles. The monoisotopic (exact) mass is 500 g/mol. The Hall–Kier alpha value is -2.12. The maximum atomic E-state index is 12.6. The largest absolute Gasteiger partial charge is 0.404 e. The topological polar surface area (TPSA) is 76.0 Å². The van der Waals surface area contributed by atoms with Gasteiger partial charge in [-0.2, -0.15) is 31.4 Å². The predicted molar refractivity (Wildman–Crippen MR) is 112 cm³/mol. The van der Waals surface area contributed by atoms with Crippen molar-refractivity contribution in [2.45, 2.75) is 58.2 Å². The van der Waals surface area contributed by atoms with Crippen LogP contribution in [0.15, 0.2) is 30.3 Å². The molecule has 0 radical (unpaired) electrons. The van der Waals surface area contributed by atoms with Crippen LogP contribution in [0.3, 0.4) is 0 Å². The predicted octanol–water partition coefficient (Wildman–Crippen LogP) is 4.33. The van der Waals surface area contributed by atoms with Gasteiger partial charge in [-0.25, -0.2) is 13.1 Å². The molecule has 0 bridgehead atoms. The second-order valence-corrected chi connectivity index (χ2v) is 9.78. The summed E-state index contributed by atoms with van der Waals surface area (Å²) in [6.45, 7) is 5.07. The van der Waals surface area contributed by atoms with E-state index in [2.05, 4.69) is 15.1 Å². The number of benzene rings is 1. The zero-order chi connectivity index (χ0) is 25.1. The van der Waals surface area contributed by atoms with Crippen molar-refractivity contribution >= 4 is 10.0 Å². The highest BCUT2D eigenvalue weighted by molar-refractivity contribution is 7.89. The molecule has 0 fully saturated rings. The molecule has 2 N–H and O–H groups in total. The summed E-state index contributed by atoms with van der Waals surface area (Å²) in [4.78, 5) is 0. The number of nitrogens with one attached hydrogen (secondary N) is 2. The highest BCUT2D eigenvalue weighted by atomic mass is 32.2. The third kappa shape index (κ3) is 8.63. The van der Waals surface area contributed by atoms with E-state index in [1.165, 1.54) is 13.8 Å². The lowest BCUT2D eigenvalue weighted by Crippen LogP contribution is -2.44. The summed E-state index contributed by atoms with van der Waals surface area (Å²) in [6, 6.07) is 8.29. The van der Waals surface area contributed by atoms with Gasteiger partial charge in [0.15, 0.2) is 5.75 Å². The van der Waals surface area contributed by atoms with Gasteiger partial charge in [0.1, 0.15) is 0 Å². The summed E-state index contributed by atoms with van der Waals surface area (Å²) in [5.41, 5.74) is 0.885. The summed E-state index contributed by atoms with van der Waals surface area (Å²) in [5, 5.41) is 7.06. The van der Waals surface area contributed by atoms with Crippen LogP contribution in [-0.4, -0.2) is 42.8 Å². The van der Waals surface area contributed by atoms with Gasteiger partial charge < -0.3 is 5.32 Å². The Bertz CT molecular complexity index is 1050. The molecule has 1 heterocycles. The van der Waals surface area contributed by atoms with E-state index >= 15 is 0 Å². The molecule has 186 valence electrons. The first-order chi connectivity index (χ1) is 15.0. The van der Waals surface area contributed by atoms with Gasteiger partial charge in [0.2, 0.25) is 10.0 Å². The standard InChI is InChI=1S/C20H26F6N4O2S/c1-4-30-17(11-16(28-30)12-27-9-8-19(21,22)23)14-6-5-7-15(10-14)18(2,3)29-33(31,32)13-20(24,25)26/h5-7,10-11,27,29H,4,8-9,12-13H2,1-3H3. The smallest absolute Gasteiger partial charge is 0.311 e. The lowest BCUT2D eigenvalue weighted by Gasteiger charge is -2.27. The Kier molecular flexibility index (Phi) is 8.23. The molecular formula is C20H26F6N4O2S. The van der Waals surface area contributed by atoms with Gasteiger partial charge in [0.25, 0.3) is 0 Å². The molecule has 0 saturated carbocycles. The minimum absolute atomic E-state index is 0.124. The molecule has 0 atom stereocenters. The second kappa shape index (κ2) is 10.0. The van der Waals surface area contributed by atoms with Gasteiger partial charge in [-0.1, -0.05) is 18.2 Å². The van der Waals surface area contributed by atoms with E-state index in [1.54, 1.807) is 35.0 Å². The summed E-state index contributed by atoms with van der Waals surface area (Å²) in [5.74, 6) is -1.99. The van der Waals surface area contributed by atoms with Crippen molar-refractivity contribution in [3.05, 3.63) is 41.6 Å². The first-order valence-corrected chi connectivity index (χ1v) is 11.7. The van der Waals surface area contributed by atoms with Crippen LogP contribution in [0.25, 0.3) is 11.3 Å². The van der Waals surface area contributed by atoms with Gasteiger partial charge in [-0.05, 0) is 38.5 Å². The van der Waals surface area contributed by atoms with Gasteiger partial charge in [-0.15, -0.1) is 0 Å². The fraction of sp³-hybridized carbons (Fsp3) is 0.550. The number of rotatable bonds is 10. The Morgan fingerprint density at radius 2 is 1.70 bits per heavy atom. The fourth-order valence-electron chi connectivity index (χ4n) is 3.24. The lowest BCUT2D eigenvalue weighted by molar-refractivity contribution is -0.133. The third-order valence-corrected chi connectivity index (χ3v) is 6.19. The fourth-order valence-corrected chi connectivity index (χ4v) is 4.64. The zero-order valence-corrected chi connectivity index (χ0v) is 19.1. The van der Waals surface area contributed by atoms with E-state index < -0.39 is 40.1 Å². The highest BCUT2D eigenvalue weighted by Gasteiger charge is 2.38. The number of alkyl halides is 6. The quantitative estimate of drug-likeness (QED) is 0.376. The van der Waals surface area contributed by atoms with E-state index in [0.717, 1.165) is 0 Å². The summed E-state index contributed by atoms with van der Waals surface area (Å²) < 4.78 is 102. The molecule has 0 aliphatic heterocycles. The molecule has 1 aromatic heterocycles. The van der Waals surface area contributed by atoms with Gasteiger partial charge in [0.05, 0.1) is 23.3 Å². The lowest BCUT2D eigenvalue weighted by atomic mass is 9.93. The van der Waals surface area contributed by atoms with E-state index in [-0.39, 0.29) is 13.1 Å². The van der Waals surface area contributed by atoms with Crippen LogP contribution in [0.1, 0.15) is 38.4 Å². The summed E-state index contributed by atoms with van der Waals surface area (Å²) >= 11 is 0. The first kappa shape index (κ1) is 27.1. The van der Waals surface area contributed by atoms with E-state index in [1.807, 2.05) is 6.92 Å². The van der Waals surface area contributed by atoms with Crippen LogP contribution in [0.5, 0.6) is 0 Å². The molecule has 0 saturated heterocycles. The SMILES string of the molecule is CCn1nc(CNCCC(F)(F)F)cc1-c1cccc(C(C)(C)NS(=O)(=O)CC(F)(F)F)c1. The average molecular weight is 501 g/mol. The summed E-state index contributed by atoms with van der Waals surface area (Å²) in [6.07, 6.45) is -10.1. The van der Waals surface area contributed by atoms with E-state index in [9.17, 15) is 34.8 Å². The minimum atomic E-state index is -4.87. The van der Waals surface area contributed by atoms with Gasteiger partial charge in [-0.3, -0.25) is 4.68 Å². The van der Waals surface area contributed by atoms with Crippen LogP contribution < -0.4 is 10.0 Å². The maximum absolute atomic E-state index is 12.6. The molecule has 1 aromatic carbocycles. The molecule has 33 heavy (non-hydrogen) atoms. The van der Waals surface area contributed by atoms with Crippen molar-refractivity contribution in [2.24, 2.45) is 0 Å². The van der Waals surface area contributed by atoms with E-state index in [4.69, 9.17) is 0 Å². The molecule has 6 nitrogen and oxygen atoms in total. The van der Waals surface area contributed by atoms with Gasteiger partial charge in [0, 0.05) is 25.2 Å². The van der Waals surface area contributed by atoms with Crippen molar-refractivity contribution in [1.82, 2.24) is 19.8 Å². The Balaban J connectivity index is 2.23. The van der Waals surface area contributed by atoms with Crippen molar-refractivity contribution in [2.75, 3.05) is 12.3 Å². The Morgan fingerprint density at radius 1 is 1.03 bits per heavy atom. The van der Waals surface area contributed by atoms with Crippen LogP contribution in [0, 0.1) is 0 Å². The van der Waals surface area contributed by atoms with Crippen molar-refractivity contribution in [3.63, 3.8) is 0 Å². The average Bonchev–Trinajstić information content (AvgIpc) is 3.05. The molecule has 0 spiro atoms. The molecule has 0 amide bonds. The third-order valence-electron chi connectivity index (χ3n) is 4.67. The number of nitrogens with zero attached hydrogens (tertiary/aromatic N) is 2. The molecule has 2 aromatic rings. The molecule has 0 aliphatic rings. The van der Waals surface area contributed by atoms with Crippen molar-refractivity contribution < 1.29 is 34.8 Å². The van der Waals surface area contributed by atoms with Crippen molar-refractivity contribution in [3.8, 4) is 11.3 Å². The maximum Gasteiger partial charge on any atom is 0.404 e. The van der Waals surface area contributed by atoms with Crippen LogP contribution in [0.2, 0.25) is 0 Å².